The quantitative estimate of drug-likeness (QED) is 0.744. The number of hydrogen-bond donors (Lipinski definition) is 1. The summed E-state index contributed by atoms with van der Waals surface area (Å²) in [6.07, 6.45) is 0. The Morgan fingerprint density at radius 2 is 2.07 bits per heavy atom. The van der Waals surface area contributed by atoms with Gasteiger partial charge in [-0.3, -0.25) is 14.3 Å². The van der Waals surface area contributed by atoms with Gasteiger partial charge in [-0.25, -0.2) is 4.79 Å². The van der Waals surface area contributed by atoms with Crippen LogP contribution in [-0.2, 0) is 6.54 Å². The predicted octanol–water partition coefficient (Wildman–Crippen LogP) is -0.109. The topological polar surface area (TPSA) is 58.1 Å². The lowest BCUT2D eigenvalue weighted by Crippen LogP contribution is -2.39. The van der Waals surface area contributed by atoms with E-state index in [0.717, 1.165) is 4.57 Å². The normalized spacial score (nSPS) is 11.0. The molecule has 0 radical (unpaired) electrons. The fourth-order valence-electron chi connectivity index (χ4n) is 1.02. The molecule has 0 aliphatic carbocycles. The minimum absolute atomic E-state index is 0.120. The minimum atomic E-state index is -1.13. The smallest absolute Gasteiger partial charge is 0.308 e. The van der Waals surface area contributed by atoms with Crippen LogP contribution in [0.4, 0.5) is 4.39 Å². The van der Waals surface area contributed by atoms with Crippen LogP contribution in [0, 0.1) is 5.82 Å². The van der Waals surface area contributed by atoms with Crippen LogP contribution in [0.5, 0.6) is 0 Å². The van der Waals surface area contributed by atoms with Crippen LogP contribution in [0.15, 0.2) is 9.59 Å². The summed E-state index contributed by atoms with van der Waals surface area (Å²) in [7, 11) is 3.57. The summed E-state index contributed by atoms with van der Waals surface area (Å²) in [4.78, 5) is 26.4. The Balaban J connectivity index is 3.14. The van der Waals surface area contributed by atoms with Crippen molar-refractivity contribution in [3.05, 3.63) is 31.8 Å². The molecule has 0 saturated heterocycles. The fourth-order valence-corrected chi connectivity index (χ4v) is 1.19. The Labute approximate surface area is 90.1 Å². The highest BCUT2D eigenvalue weighted by Crippen LogP contribution is 2.01. The monoisotopic (exact) mass is 235 g/mol. The molecule has 1 N–H and O–H groups in total. The lowest BCUT2D eigenvalue weighted by atomic mass is 10.5. The molecule has 0 atom stereocenters. The molecule has 0 spiro atoms. The van der Waals surface area contributed by atoms with Crippen LogP contribution in [-0.4, -0.2) is 35.1 Å². The summed E-state index contributed by atoms with van der Waals surface area (Å²) < 4.78 is 13.8. The summed E-state index contributed by atoms with van der Waals surface area (Å²) >= 11 is 5.30. The number of aromatic amines is 1. The lowest BCUT2D eigenvalue weighted by molar-refractivity contribution is 0.372. The van der Waals surface area contributed by atoms with Crippen molar-refractivity contribution in [1.82, 2.24) is 14.5 Å². The Hall–Kier alpha value is -1.14. The van der Waals surface area contributed by atoms with E-state index in [2.05, 4.69) is 4.98 Å². The van der Waals surface area contributed by atoms with Gasteiger partial charge in [0.1, 0.15) is 0 Å². The molecule has 1 heterocycles. The third-order valence-electron chi connectivity index (χ3n) is 1.86. The van der Waals surface area contributed by atoms with Crippen LogP contribution in [0.2, 0.25) is 5.15 Å². The molecule has 0 aliphatic rings. The largest absolute Gasteiger partial charge is 0.329 e. The Morgan fingerprint density at radius 1 is 1.47 bits per heavy atom. The van der Waals surface area contributed by atoms with Gasteiger partial charge in [-0.1, -0.05) is 11.6 Å². The number of halogens is 2. The number of nitrogens with zero attached hydrogens (tertiary/aromatic N) is 2. The summed E-state index contributed by atoms with van der Waals surface area (Å²) in [5, 5.41) is -0.550. The average Bonchev–Trinajstić information content (AvgIpc) is 2.14. The van der Waals surface area contributed by atoms with Gasteiger partial charge in [-0.15, -0.1) is 0 Å². The first-order chi connectivity index (χ1) is 6.93. The van der Waals surface area contributed by atoms with Gasteiger partial charge in [0, 0.05) is 13.1 Å². The molecule has 84 valence electrons. The third kappa shape index (κ3) is 2.66. The van der Waals surface area contributed by atoms with Crippen molar-refractivity contribution >= 4 is 11.6 Å². The molecule has 1 aromatic heterocycles. The third-order valence-corrected chi connectivity index (χ3v) is 2.12. The summed E-state index contributed by atoms with van der Waals surface area (Å²) in [5.74, 6) is -1.13. The molecule has 1 rings (SSSR count). The predicted molar refractivity (Wildman–Crippen MR) is 54.8 cm³/mol. The maximum Gasteiger partial charge on any atom is 0.329 e. The van der Waals surface area contributed by atoms with Crippen molar-refractivity contribution in [3.8, 4) is 0 Å². The standard InChI is InChI=1S/C8H11ClFN3O2/c1-12(2)3-4-13-7(14)5(10)6(9)11-8(13)15/h3-4H2,1-2H3,(H,11,15). The molecule has 0 bridgehead atoms. The van der Waals surface area contributed by atoms with Crippen molar-refractivity contribution in [1.29, 1.82) is 0 Å². The molecule has 15 heavy (non-hydrogen) atoms. The highest BCUT2D eigenvalue weighted by atomic mass is 35.5. The van der Waals surface area contributed by atoms with Gasteiger partial charge in [-0.05, 0) is 14.1 Å². The number of nitrogens with one attached hydrogen (secondary N) is 1. The van der Waals surface area contributed by atoms with Crippen molar-refractivity contribution < 1.29 is 4.39 Å². The maximum atomic E-state index is 13.0. The number of rotatable bonds is 3. The zero-order valence-electron chi connectivity index (χ0n) is 8.38. The summed E-state index contributed by atoms with van der Waals surface area (Å²) in [5.41, 5.74) is -1.70. The van der Waals surface area contributed by atoms with E-state index in [1.807, 2.05) is 0 Å². The molecule has 0 fully saturated rings. The van der Waals surface area contributed by atoms with Gasteiger partial charge in [0.2, 0.25) is 5.82 Å². The first-order valence-corrected chi connectivity index (χ1v) is 4.64. The Bertz CT molecular complexity index is 466. The molecule has 0 amide bonds. The number of aromatic nitrogens is 2. The minimum Gasteiger partial charge on any atom is -0.308 e. The number of hydrogen-bond acceptors (Lipinski definition) is 3. The van der Waals surface area contributed by atoms with Gasteiger partial charge in [0.05, 0.1) is 0 Å². The lowest BCUT2D eigenvalue weighted by Gasteiger charge is -2.10. The van der Waals surface area contributed by atoms with E-state index in [0.29, 0.717) is 6.54 Å². The molecule has 5 nitrogen and oxygen atoms in total. The highest BCUT2D eigenvalue weighted by molar-refractivity contribution is 6.29. The van der Waals surface area contributed by atoms with Gasteiger partial charge in [0.25, 0.3) is 5.56 Å². The first kappa shape index (κ1) is 11.9. The van der Waals surface area contributed by atoms with E-state index in [9.17, 15) is 14.0 Å². The molecule has 1 aromatic rings. The molecule has 0 saturated carbocycles. The SMILES string of the molecule is CN(C)CCn1c(=O)[nH]c(Cl)c(F)c1=O. The van der Waals surface area contributed by atoms with Crippen LogP contribution in [0.1, 0.15) is 0 Å². The second-order valence-electron chi connectivity index (χ2n) is 3.32. The number of likely N-dealkylation sites (N-methyl/N-ethyl adjacent to an activating group) is 1. The van der Waals surface area contributed by atoms with Crippen LogP contribution < -0.4 is 11.2 Å². The molecule has 0 aromatic carbocycles. The summed E-state index contributed by atoms with van der Waals surface area (Å²) in [6, 6.07) is 0. The maximum absolute atomic E-state index is 13.0. The Morgan fingerprint density at radius 3 is 2.60 bits per heavy atom. The zero-order chi connectivity index (χ0) is 11.6. The molecule has 0 unspecified atom stereocenters. The van der Waals surface area contributed by atoms with Crippen molar-refractivity contribution in [3.63, 3.8) is 0 Å². The summed E-state index contributed by atoms with van der Waals surface area (Å²) in [6.45, 7) is 0.583. The van der Waals surface area contributed by atoms with Crippen LogP contribution in [0.25, 0.3) is 0 Å². The molecular weight excluding hydrogens is 225 g/mol. The van der Waals surface area contributed by atoms with Crippen LogP contribution in [0.3, 0.4) is 0 Å². The van der Waals surface area contributed by atoms with E-state index in [-0.39, 0.29) is 6.54 Å². The second kappa shape index (κ2) is 4.59. The van der Waals surface area contributed by atoms with Gasteiger partial charge in [-0.2, -0.15) is 4.39 Å². The zero-order valence-corrected chi connectivity index (χ0v) is 9.14. The van der Waals surface area contributed by atoms with E-state index >= 15 is 0 Å². The Kier molecular flexibility index (Phi) is 3.65. The van der Waals surface area contributed by atoms with Crippen molar-refractivity contribution in [2.75, 3.05) is 20.6 Å². The fraction of sp³-hybridized carbons (Fsp3) is 0.500. The second-order valence-corrected chi connectivity index (χ2v) is 3.70. The molecule has 0 aliphatic heterocycles. The van der Waals surface area contributed by atoms with Gasteiger partial charge in [0.15, 0.2) is 5.15 Å². The van der Waals surface area contributed by atoms with Crippen molar-refractivity contribution in [2.45, 2.75) is 6.54 Å². The molecular formula is C8H11ClFN3O2. The van der Waals surface area contributed by atoms with E-state index in [1.165, 1.54) is 0 Å². The molecule has 7 heteroatoms. The van der Waals surface area contributed by atoms with E-state index in [1.54, 1.807) is 19.0 Å². The van der Waals surface area contributed by atoms with Gasteiger partial charge >= 0.3 is 5.69 Å². The van der Waals surface area contributed by atoms with Crippen molar-refractivity contribution in [2.24, 2.45) is 0 Å². The van der Waals surface area contributed by atoms with E-state index in [4.69, 9.17) is 11.6 Å². The highest BCUT2D eigenvalue weighted by Gasteiger charge is 2.11. The van der Waals surface area contributed by atoms with Crippen LogP contribution >= 0.6 is 11.6 Å². The number of H-pyrrole nitrogens is 1. The average molecular weight is 236 g/mol. The van der Waals surface area contributed by atoms with Gasteiger partial charge < -0.3 is 4.90 Å². The van der Waals surface area contributed by atoms with E-state index < -0.39 is 22.2 Å². The first-order valence-electron chi connectivity index (χ1n) is 4.26.